The van der Waals surface area contributed by atoms with Crippen LogP contribution in [0.4, 0.5) is 11.4 Å². The first kappa shape index (κ1) is 18.4. The van der Waals surface area contributed by atoms with E-state index in [0.717, 1.165) is 33.8 Å². The van der Waals surface area contributed by atoms with Crippen molar-refractivity contribution in [2.45, 2.75) is 33.1 Å². The fraction of sp³-hybridized carbons (Fsp3) is 0.348. The SMILES string of the molecule is CC(=O)N1CC2(C1)C(=O)N(CC(C)=Nc1cc(C)ccc1C)c1ccccc12. The topological polar surface area (TPSA) is 53.0 Å². The van der Waals surface area contributed by atoms with Crippen molar-refractivity contribution in [3.05, 3.63) is 59.2 Å². The monoisotopic (exact) mass is 375 g/mol. The van der Waals surface area contributed by atoms with Gasteiger partial charge in [-0.05, 0) is 49.6 Å². The largest absolute Gasteiger partial charge is 0.340 e. The molecule has 2 aromatic rings. The fourth-order valence-electron chi connectivity index (χ4n) is 4.20. The number of likely N-dealkylation sites (tertiary alicyclic amines) is 1. The summed E-state index contributed by atoms with van der Waals surface area (Å²) in [6.07, 6.45) is 0. The van der Waals surface area contributed by atoms with E-state index in [9.17, 15) is 9.59 Å². The van der Waals surface area contributed by atoms with E-state index in [4.69, 9.17) is 4.99 Å². The molecule has 0 aliphatic carbocycles. The number of hydrogen-bond donors (Lipinski definition) is 0. The Balaban J connectivity index is 1.64. The van der Waals surface area contributed by atoms with Crippen LogP contribution in [-0.4, -0.2) is 42.1 Å². The number of nitrogens with zero attached hydrogens (tertiary/aromatic N) is 3. The summed E-state index contributed by atoms with van der Waals surface area (Å²) in [7, 11) is 0. The first-order valence-corrected chi connectivity index (χ1v) is 9.60. The molecule has 0 bridgehead atoms. The molecular formula is C23H25N3O2. The van der Waals surface area contributed by atoms with Crippen molar-refractivity contribution < 1.29 is 9.59 Å². The van der Waals surface area contributed by atoms with Gasteiger partial charge in [0.05, 0.1) is 12.2 Å². The molecular weight excluding hydrogens is 350 g/mol. The predicted molar refractivity (Wildman–Crippen MR) is 111 cm³/mol. The molecule has 0 N–H and O–H groups in total. The van der Waals surface area contributed by atoms with Gasteiger partial charge in [-0.1, -0.05) is 30.3 Å². The van der Waals surface area contributed by atoms with Crippen LogP contribution in [0.25, 0.3) is 0 Å². The van der Waals surface area contributed by atoms with Crippen molar-refractivity contribution in [2.24, 2.45) is 4.99 Å². The van der Waals surface area contributed by atoms with Crippen LogP contribution in [0, 0.1) is 13.8 Å². The van der Waals surface area contributed by atoms with Crippen LogP contribution in [0.1, 0.15) is 30.5 Å². The van der Waals surface area contributed by atoms with E-state index in [0.29, 0.717) is 19.6 Å². The zero-order valence-electron chi connectivity index (χ0n) is 16.8. The fourth-order valence-corrected chi connectivity index (χ4v) is 4.20. The number of carbonyl (C=O) groups excluding carboxylic acids is 2. The van der Waals surface area contributed by atoms with E-state index < -0.39 is 5.41 Å². The van der Waals surface area contributed by atoms with Crippen molar-refractivity contribution in [1.82, 2.24) is 4.90 Å². The summed E-state index contributed by atoms with van der Waals surface area (Å²) in [5.74, 6) is 0.0868. The minimum absolute atomic E-state index is 0.0158. The van der Waals surface area contributed by atoms with Crippen LogP contribution < -0.4 is 4.90 Å². The average molecular weight is 375 g/mol. The van der Waals surface area contributed by atoms with Gasteiger partial charge in [0.15, 0.2) is 0 Å². The van der Waals surface area contributed by atoms with Crippen molar-refractivity contribution in [1.29, 1.82) is 0 Å². The Labute approximate surface area is 165 Å². The third-order valence-corrected chi connectivity index (χ3v) is 5.79. The molecule has 0 aromatic heterocycles. The molecule has 1 fully saturated rings. The van der Waals surface area contributed by atoms with Crippen LogP contribution >= 0.6 is 0 Å². The van der Waals surface area contributed by atoms with Gasteiger partial charge in [0.25, 0.3) is 0 Å². The highest BCUT2D eigenvalue weighted by Gasteiger charge is 2.58. The molecule has 1 spiro atoms. The Bertz CT molecular complexity index is 1000. The molecule has 4 rings (SSSR count). The highest BCUT2D eigenvalue weighted by molar-refractivity contribution is 6.12. The van der Waals surface area contributed by atoms with E-state index in [1.54, 1.807) is 11.8 Å². The number of anilines is 1. The summed E-state index contributed by atoms with van der Waals surface area (Å²) in [5, 5.41) is 0. The average Bonchev–Trinajstić information content (AvgIpc) is 2.85. The lowest BCUT2D eigenvalue weighted by Gasteiger charge is -2.46. The summed E-state index contributed by atoms with van der Waals surface area (Å²) in [5.41, 5.74) is 5.48. The summed E-state index contributed by atoms with van der Waals surface area (Å²) in [4.78, 5) is 33.4. The molecule has 2 aliphatic heterocycles. The second-order valence-electron chi connectivity index (χ2n) is 8.00. The van der Waals surface area contributed by atoms with Gasteiger partial charge in [-0.15, -0.1) is 0 Å². The molecule has 2 aromatic carbocycles. The van der Waals surface area contributed by atoms with Gasteiger partial charge in [-0.2, -0.15) is 0 Å². The van der Waals surface area contributed by atoms with Crippen LogP contribution in [0.15, 0.2) is 47.5 Å². The number of aliphatic imine (C=N–C) groups is 1. The third-order valence-electron chi connectivity index (χ3n) is 5.79. The van der Waals surface area contributed by atoms with Crippen LogP contribution in [0.3, 0.4) is 0 Å². The maximum Gasteiger partial charge on any atom is 0.241 e. The first-order valence-electron chi connectivity index (χ1n) is 9.60. The number of aryl methyl sites for hydroxylation is 2. The molecule has 5 nitrogen and oxygen atoms in total. The quantitative estimate of drug-likeness (QED) is 0.771. The second-order valence-corrected chi connectivity index (χ2v) is 8.00. The Morgan fingerprint density at radius 3 is 2.54 bits per heavy atom. The standard InChI is InChI=1S/C23H25N3O2/c1-15-9-10-16(2)20(11-15)24-17(3)12-26-21-8-6-5-7-19(21)23(22(26)28)13-25(14-23)18(4)27/h5-11H,12-14H2,1-4H3. The van der Waals surface area contributed by atoms with E-state index in [1.165, 1.54) is 0 Å². The minimum atomic E-state index is -0.595. The number of rotatable bonds is 3. The molecule has 2 aliphatic rings. The Morgan fingerprint density at radius 2 is 1.82 bits per heavy atom. The lowest BCUT2D eigenvalue weighted by molar-refractivity contribution is -0.142. The molecule has 144 valence electrons. The summed E-state index contributed by atoms with van der Waals surface area (Å²) >= 11 is 0. The molecule has 0 radical (unpaired) electrons. The number of amides is 2. The minimum Gasteiger partial charge on any atom is -0.340 e. The van der Waals surface area contributed by atoms with Crippen molar-refractivity contribution in [3.8, 4) is 0 Å². The predicted octanol–water partition coefficient (Wildman–Crippen LogP) is 3.54. The van der Waals surface area contributed by atoms with Crippen molar-refractivity contribution in [3.63, 3.8) is 0 Å². The van der Waals surface area contributed by atoms with Gasteiger partial charge in [0.1, 0.15) is 5.41 Å². The number of carbonyl (C=O) groups is 2. The number of fused-ring (bicyclic) bond motifs is 2. The molecule has 28 heavy (non-hydrogen) atoms. The molecule has 0 atom stereocenters. The highest BCUT2D eigenvalue weighted by Crippen LogP contribution is 2.47. The van der Waals surface area contributed by atoms with Gasteiger partial charge >= 0.3 is 0 Å². The molecule has 0 saturated carbocycles. The molecule has 0 unspecified atom stereocenters. The van der Waals surface area contributed by atoms with E-state index >= 15 is 0 Å². The Morgan fingerprint density at radius 1 is 1.11 bits per heavy atom. The molecule has 2 amide bonds. The second kappa shape index (κ2) is 6.59. The van der Waals surface area contributed by atoms with Crippen LogP contribution in [0.2, 0.25) is 0 Å². The zero-order valence-corrected chi connectivity index (χ0v) is 16.8. The lowest BCUT2D eigenvalue weighted by Crippen LogP contribution is -2.65. The number of hydrogen-bond acceptors (Lipinski definition) is 3. The lowest BCUT2D eigenvalue weighted by atomic mass is 9.74. The van der Waals surface area contributed by atoms with Crippen molar-refractivity contribution >= 4 is 28.9 Å². The maximum absolute atomic E-state index is 13.4. The molecule has 2 heterocycles. The van der Waals surface area contributed by atoms with Gasteiger partial charge in [-0.3, -0.25) is 14.6 Å². The Hall–Kier alpha value is -2.95. The Kier molecular flexibility index (Phi) is 4.33. The van der Waals surface area contributed by atoms with E-state index in [2.05, 4.69) is 25.1 Å². The summed E-state index contributed by atoms with van der Waals surface area (Å²) in [6.45, 7) is 8.98. The maximum atomic E-state index is 13.4. The van der Waals surface area contributed by atoms with Crippen LogP contribution in [-0.2, 0) is 15.0 Å². The summed E-state index contributed by atoms with van der Waals surface area (Å²) < 4.78 is 0. The molecule has 1 saturated heterocycles. The van der Waals surface area contributed by atoms with Gasteiger partial charge in [-0.25, -0.2) is 0 Å². The molecule has 5 heteroatoms. The van der Waals surface area contributed by atoms with Crippen molar-refractivity contribution in [2.75, 3.05) is 24.5 Å². The highest BCUT2D eigenvalue weighted by atomic mass is 16.2. The zero-order chi connectivity index (χ0) is 20.1. The summed E-state index contributed by atoms with van der Waals surface area (Å²) in [6, 6.07) is 14.1. The van der Waals surface area contributed by atoms with Gasteiger partial charge in [0.2, 0.25) is 11.8 Å². The van der Waals surface area contributed by atoms with Gasteiger partial charge < -0.3 is 9.80 Å². The number of benzene rings is 2. The smallest absolute Gasteiger partial charge is 0.241 e. The van der Waals surface area contributed by atoms with E-state index in [-0.39, 0.29) is 11.8 Å². The normalized spacial score (nSPS) is 17.7. The van der Waals surface area contributed by atoms with Crippen LogP contribution in [0.5, 0.6) is 0 Å². The first-order chi connectivity index (χ1) is 13.3. The van der Waals surface area contributed by atoms with Gasteiger partial charge in [0, 0.05) is 31.4 Å². The van der Waals surface area contributed by atoms with E-state index in [1.807, 2.05) is 43.0 Å². The third kappa shape index (κ3) is 2.82. The number of para-hydroxylation sites is 1.